The molecular formula is C88H98N2O4S2+2. The number of fused-ring (bicyclic) bond motifs is 4. The van der Waals surface area contributed by atoms with E-state index >= 15 is 0 Å². The quantitative estimate of drug-likeness (QED) is 0.0133. The van der Waals surface area contributed by atoms with E-state index in [0.717, 1.165) is 96.9 Å². The molecule has 0 aliphatic heterocycles. The van der Waals surface area contributed by atoms with Gasteiger partial charge in [-0.2, -0.15) is 0 Å². The second-order valence-electron chi connectivity index (χ2n) is 28.2. The number of unbranched alkanes of at least 4 members (excludes halogenated alkanes) is 20. The number of ether oxygens (including phenoxy) is 4. The predicted molar refractivity (Wildman–Crippen MR) is 422 cm³/mol. The van der Waals surface area contributed by atoms with Crippen LogP contribution in [0.15, 0.2) is 97.1 Å². The first-order chi connectivity index (χ1) is 47.3. The third kappa shape index (κ3) is 11.1. The van der Waals surface area contributed by atoms with Crippen molar-refractivity contribution in [1.82, 2.24) is 9.13 Å². The van der Waals surface area contributed by atoms with Crippen molar-refractivity contribution in [3.8, 4) is 34.4 Å². The van der Waals surface area contributed by atoms with Crippen molar-refractivity contribution >= 4 is 153 Å². The summed E-state index contributed by atoms with van der Waals surface area (Å²) < 4.78 is 34.3. The van der Waals surface area contributed by atoms with Crippen molar-refractivity contribution < 1.29 is 18.9 Å². The SMILES string of the molecule is CCCCCCCCOc1cc(C)cc(OCCCCCCCC)c1-n1c2c3c4c(cccc4c4ccc5c6ccc7c8cccc9c8c8c(n(-c%10c(OCCCCCCCC)cc(C)cc%10OCCCCCCCC)c%10cc(c%11cc1c3c4c5%11)c6c7c8%10)=CC9=[S+]C)C(=[S+]C)C=2. The van der Waals surface area contributed by atoms with Crippen LogP contribution in [0, 0.1) is 13.8 Å². The first-order valence-electron chi connectivity index (χ1n) is 37.3. The number of nitrogens with zero attached hydrogens (tertiary/aromatic N) is 2. The number of benzene rings is 11. The van der Waals surface area contributed by atoms with Crippen LogP contribution in [0.3, 0.4) is 0 Å². The molecule has 2 heterocycles. The van der Waals surface area contributed by atoms with E-state index in [4.69, 9.17) is 18.9 Å². The van der Waals surface area contributed by atoms with Crippen LogP contribution in [0.5, 0.6) is 23.0 Å². The molecule has 0 bridgehead atoms. The molecule has 13 aromatic rings. The highest BCUT2D eigenvalue weighted by atomic mass is 32.1. The van der Waals surface area contributed by atoms with Crippen molar-refractivity contribution in [3.63, 3.8) is 0 Å². The van der Waals surface area contributed by atoms with Crippen molar-refractivity contribution in [3.05, 3.63) is 130 Å². The first-order valence-corrected chi connectivity index (χ1v) is 39.7. The van der Waals surface area contributed by atoms with Crippen molar-refractivity contribution in [2.45, 2.75) is 196 Å². The Morgan fingerprint density at radius 1 is 0.302 bits per heavy atom. The second kappa shape index (κ2) is 28.1. The Hall–Kier alpha value is -7.52. The predicted octanol–water partition coefficient (Wildman–Crippen LogP) is 22.7. The van der Waals surface area contributed by atoms with E-state index in [-0.39, 0.29) is 0 Å². The van der Waals surface area contributed by atoms with Gasteiger partial charge in [0.25, 0.3) is 0 Å². The van der Waals surface area contributed by atoms with Crippen LogP contribution in [0.1, 0.15) is 204 Å². The third-order valence-corrected chi connectivity index (χ3v) is 23.2. The molecular weight excluding hydrogens is 1210 g/mol. The van der Waals surface area contributed by atoms with E-state index in [1.54, 1.807) is 0 Å². The Bertz CT molecular complexity index is 4850. The number of aromatic nitrogens is 2. The second-order valence-corrected chi connectivity index (χ2v) is 29.9. The monoisotopic (exact) mass is 1310 g/mol. The molecule has 11 aromatic carbocycles. The maximum Gasteiger partial charge on any atom is 0.233 e. The lowest BCUT2D eigenvalue weighted by Crippen LogP contribution is -2.22. The first kappa shape index (κ1) is 64.5. The average Bonchev–Trinajstić information content (AvgIpc) is 1.42. The summed E-state index contributed by atoms with van der Waals surface area (Å²) in [5, 5.41) is 26.0. The lowest BCUT2D eigenvalue weighted by molar-refractivity contribution is 0.288. The zero-order chi connectivity index (χ0) is 65.6. The molecule has 0 amide bonds. The highest BCUT2D eigenvalue weighted by molar-refractivity contribution is 7.79. The number of hydrogen-bond acceptors (Lipinski definition) is 4. The van der Waals surface area contributed by atoms with Gasteiger partial charge in [0.05, 0.1) is 48.2 Å². The molecule has 2 aliphatic rings. The summed E-state index contributed by atoms with van der Waals surface area (Å²) in [4.78, 5) is 2.55. The average molecular weight is 1310 g/mol. The van der Waals surface area contributed by atoms with Gasteiger partial charge < -0.3 is 28.1 Å². The van der Waals surface area contributed by atoms with E-state index in [0.29, 0.717) is 26.4 Å². The lowest BCUT2D eigenvalue weighted by atomic mass is 9.81. The number of aryl methyl sites for hydroxylation is 2. The minimum absolute atomic E-state index is 0.652. The minimum atomic E-state index is 0.652. The van der Waals surface area contributed by atoms with E-state index in [1.807, 2.05) is 22.7 Å². The largest absolute Gasteiger partial charge is 0.491 e. The topological polar surface area (TPSA) is 46.8 Å². The van der Waals surface area contributed by atoms with Crippen LogP contribution in [0.4, 0.5) is 0 Å². The summed E-state index contributed by atoms with van der Waals surface area (Å²) in [5.41, 5.74) is 9.29. The van der Waals surface area contributed by atoms with Gasteiger partial charge in [0.1, 0.15) is 34.4 Å². The molecule has 96 heavy (non-hydrogen) atoms. The molecule has 0 N–H and O–H groups in total. The molecule has 0 radical (unpaired) electrons. The summed E-state index contributed by atoms with van der Waals surface area (Å²) in [6.45, 7) is 16.2. The van der Waals surface area contributed by atoms with E-state index in [1.165, 1.54) is 242 Å². The van der Waals surface area contributed by atoms with Gasteiger partial charge in [-0.3, -0.25) is 0 Å². The van der Waals surface area contributed by atoms with E-state index < -0.39 is 0 Å². The fraction of sp³-hybridized carbons (Fsp3) is 0.409. The van der Waals surface area contributed by atoms with E-state index in [9.17, 15) is 0 Å². The highest BCUT2D eigenvalue weighted by Gasteiger charge is 2.35. The molecule has 494 valence electrons. The fourth-order valence-electron chi connectivity index (χ4n) is 17.1. The zero-order valence-electron chi connectivity index (χ0n) is 58.5. The van der Waals surface area contributed by atoms with Gasteiger partial charge in [0.2, 0.25) is 9.73 Å². The van der Waals surface area contributed by atoms with Crippen molar-refractivity contribution in [2.24, 2.45) is 0 Å². The van der Waals surface area contributed by atoms with Gasteiger partial charge in [-0.15, -0.1) is 0 Å². The van der Waals surface area contributed by atoms with Gasteiger partial charge in [0, 0.05) is 66.4 Å². The lowest BCUT2D eigenvalue weighted by Gasteiger charge is -2.22. The maximum absolute atomic E-state index is 7.27. The standard InChI is InChI=1S/C88H98N2O4S2/c1-9-13-17-21-25-29-43-91-71-47-55(5)48-72(92-44-30-26-22-18-14-10-2)87(71)89-67-51-65-66-52-68-86-82-62(42-40-60(80(66)82)59-39-41-61-57-35-33-37-63-75(95-7)53-69(89)83(77(57)63)85(67)81(61)79(59)65)58-36-34-38-64-76(96-8)54-70(84(86)78(58)64)90(68)88-73(93-45-31-27-23-19-15-11-3)49-56(6)50-74(88)94-46-32-28-24-20-16-12-4/h33-42,47-54H,9-32,43-46H2,1-8H3/q+2. The Labute approximate surface area is 575 Å². The molecule has 0 spiro atoms. The molecule has 2 aromatic heterocycles. The molecule has 0 fully saturated rings. The molecule has 0 saturated carbocycles. The molecule has 0 atom stereocenters. The van der Waals surface area contributed by atoms with Crippen LogP contribution >= 0.6 is 0 Å². The van der Waals surface area contributed by atoms with Crippen LogP contribution in [-0.4, -0.2) is 57.8 Å². The highest BCUT2D eigenvalue weighted by Crippen LogP contribution is 2.54. The Kier molecular flexibility index (Phi) is 18.9. The molecule has 6 nitrogen and oxygen atoms in total. The Morgan fingerprint density at radius 2 is 0.604 bits per heavy atom. The van der Waals surface area contributed by atoms with Gasteiger partial charge in [-0.25, -0.2) is 0 Å². The summed E-state index contributed by atoms with van der Waals surface area (Å²) in [6.07, 6.45) is 38.3. The van der Waals surface area contributed by atoms with Gasteiger partial charge in [-0.05, 0) is 153 Å². The van der Waals surface area contributed by atoms with Crippen LogP contribution in [-0.2, 0) is 22.7 Å². The van der Waals surface area contributed by atoms with Crippen LogP contribution < -0.4 is 29.6 Å². The molecule has 0 saturated heterocycles. The summed E-state index contributed by atoms with van der Waals surface area (Å²) in [6, 6.07) is 38.4. The molecule has 0 unspecified atom stereocenters. The Balaban J connectivity index is 1.05. The smallest absolute Gasteiger partial charge is 0.233 e. The summed E-state index contributed by atoms with van der Waals surface area (Å²) >= 11 is 3.70. The summed E-state index contributed by atoms with van der Waals surface area (Å²) in [5.74, 6) is 3.57. The van der Waals surface area contributed by atoms with Gasteiger partial charge >= 0.3 is 0 Å². The number of rotatable bonds is 34. The molecule has 2 aliphatic carbocycles. The molecule has 15 rings (SSSR count). The Morgan fingerprint density at radius 3 is 0.927 bits per heavy atom. The maximum atomic E-state index is 7.27. The van der Waals surface area contributed by atoms with Gasteiger partial charge in [-0.1, -0.05) is 205 Å². The fourth-order valence-corrected chi connectivity index (χ4v) is 18.3. The minimum Gasteiger partial charge on any atom is -0.491 e. The normalized spacial score (nSPS) is 14.0. The van der Waals surface area contributed by atoms with Gasteiger partial charge in [0.15, 0.2) is 35.2 Å². The van der Waals surface area contributed by atoms with Crippen LogP contribution in [0.25, 0.3) is 132 Å². The summed E-state index contributed by atoms with van der Waals surface area (Å²) in [7, 11) is 0. The zero-order valence-corrected chi connectivity index (χ0v) is 60.2. The number of hydrogen-bond donors (Lipinski definition) is 0. The van der Waals surface area contributed by atoms with Crippen molar-refractivity contribution in [2.75, 3.05) is 38.9 Å². The van der Waals surface area contributed by atoms with Crippen molar-refractivity contribution in [1.29, 1.82) is 0 Å². The molecule has 8 heteroatoms. The third-order valence-electron chi connectivity index (χ3n) is 21.6. The van der Waals surface area contributed by atoms with E-state index in [2.05, 4.69) is 172 Å². The van der Waals surface area contributed by atoms with Crippen LogP contribution in [0.2, 0.25) is 0 Å².